The number of phosphoric acid groups is 2. The quantitative estimate of drug-likeness (QED) is 0.0169. The molecule has 0 saturated carbocycles. The molecule has 0 heterocycles. The minimum absolute atomic E-state index is 0.0739. The molecule has 0 aromatic carbocycles. The van der Waals surface area contributed by atoms with Crippen LogP contribution in [0.1, 0.15) is 323 Å². The van der Waals surface area contributed by atoms with E-state index in [4.69, 9.17) is 37.0 Å². The van der Waals surface area contributed by atoms with Gasteiger partial charge in [0.25, 0.3) is 0 Å². The Bertz CT molecular complexity index is 2320. The molecular weight excluding hydrogens is 1310 g/mol. The highest BCUT2D eigenvalue weighted by molar-refractivity contribution is 7.47. The van der Waals surface area contributed by atoms with Gasteiger partial charge in [-0.25, -0.2) is 9.13 Å². The van der Waals surface area contributed by atoms with Crippen LogP contribution >= 0.6 is 15.6 Å². The average Bonchev–Trinajstić information content (AvgIpc) is 0.966. The maximum absolute atomic E-state index is 13.1. The molecular formula is C81H140O17P2. The zero-order chi connectivity index (χ0) is 73.2. The molecule has 0 fully saturated rings. The number of unbranched alkanes of at least 4 members (excludes halogenated alkanes) is 29. The fraction of sp³-hybridized carbons (Fsp3) is 0.728. The largest absolute Gasteiger partial charge is 0.472 e. The van der Waals surface area contributed by atoms with Crippen LogP contribution in [0.3, 0.4) is 0 Å². The molecule has 0 saturated heterocycles. The number of hydrogen-bond acceptors (Lipinski definition) is 15. The number of esters is 4. The van der Waals surface area contributed by atoms with Crippen molar-refractivity contribution in [1.29, 1.82) is 0 Å². The van der Waals surface area contributed by atoms with E-state index < -0.39 is 97.5 Å². The van der Waals surface area contributed by atoms with Gasteiger partial charge in [0.2, 0.25) is 0 Å². The van der Waals surface area contributed by atoms with Crippen molar-refractivity contribution in [2.75, 3.05) is 39.6 Å². The smallest absolute Gasteiger partial charge is 0.462 e. The van der Waals surface area contributed by atoms with Crippen LogP contribution < -0.4 is 0 Å². The summed E-state index contributed by atoms with van der Waals surface area (Å²) in [7, 11) is -9.96. The lowest BCUT2D eigenvalue weighted by atomic mass is 10.1. The highest BCUT2D eigenvalue weighted by atomic mass is 31.2. The third kappa shape index (κ3) is 72.1. The molecule has 0 rings (SSSR count). The van der Waals surface area contributed by atoms with Crippen molar-refractivity contribution in [2.45, 2.75) is 341 Å². The topological polar surface area (TPSA) is 237 Å². The van der Waals surface area contributed by atoms with E-state index in [9.17, 15) is 43.2 Å². The number of allylic oxidation sites excluding steroid dienone is 18. The van der Waals surface area contributed by atoms with E-state index >= 15 is 0 Å². The number of carbonyl (C=O) groups excluding carboxylic acids is 4. The van der Waals surface area contributed by atoms with Gasteiger partial charge in [0.05, 0.1) is 26.4 Å². The summed E-state index contributed by atoms with van der Waals surface area (Å²) in [6, 6.07) is 0. The molecule has 0 amide bonds. The highest BCUT2D eigenvalue weighted by Crippen LogP contribution is 2.45. The summed E-state index contributed by atoms with van der Waals surface area (Å²) >= 11 is 0. The van der Waals surface area contributed by atoms with Crippen LogP contribution in [0.4, 0.5) is 0 Å². The summed E-state index contributed by atoms with van der Waals surface area (Å²) in [4.78, 5) is 72.9. The molecule has 0 aliphatic carbocycles. The van der Waals surface area contributed by atoms with Crippen molar-refractivity contribution in [3.8, 4) is 0 Å². The van der Waals surface area contributed by atoms with Crippen LogP contribution in [0, 0.1) is 0 Å². The van der Waals surface area contributed by atoms with E-state index in [-0.39, 0.29) is 25.7 Å². The molecule has 3 N–H and O–H groups in total. The van der Waals surface area contributed by atoms with E-state index in [2.05, 4.69) is 137 Å². The predicted molar refractivity (Wildman–Crippen MR) is 408 cm³/mol. The molecule has 0 aromatic heterocycles. The monoisotopic (exact) mass is 1450 g/mol. The minimum atomic E-state index is -4.98. The lowest BCUT2D eigenvalue weighted by molar-refractivity contribution is -0.161. The van der Waals surface area contributed by atoms with Gasteiger partial charge in [0.15, 0.2) is 12.2 Å². The zero-order valence-electron chi connectivity index (χ0n) is 62.8. The maximum Gasteiger partial charge on any atom is 0.472 e. The molecule has 0 aliphatic heterocycles. The van der Waals surface area contributed by atoms with Crippen LogP contribution in [0.15, 0.2) is 109 Å². The Labute approximate surface area is 607 Å². The van der Waals surface area contributed by atoms with Gasteiger partial charge < -0.3 is 33.8 Å². The Morgan fingerprint density at radius 2 is 0.530 bits per heavy atom. The lowest BCUT2D eigenvalue weighted by Crippen LogP contribution is -2.30. The first kappa shape index (κ1) is 95.7. The summed E-state index contributed by atoms with van der Waals surface area (Å²) in [6.45, 7) is 4.63. The first-order valence-electron chi connectivity index (χ1n) is 39.1. The number of carbonyl (C=O) groups is 4. The Morgan fingerprint density at radius 3 is 0.840 bits per heavy atom. The number of phosphoric ester groups is 2. The SMILES string of the molecule is CC/C=C\C/C=C\C/C=C\CCCCCCCC(=O)OCC(COP(=O)(O)OCC(O)COP(=O)(O)OCC(COC(=O)CCCCCCCC/C=C\C/C=C\C/C=C\CCCCC)OC(=O)CCCCCCC/C=C\CCCC)OC(=O)CCCCCCC/C=C\C/C=C\CCCCC. The molecule has 576 valence electrons. The van der Waals surface area contributed by atoms with Crippen LogP contribution in [0.25, 0.3) is 0 Å². The van der Waals surface area contributed by atoms with Crippen LogP contribution in [0.5, 0.6) is 0 Å². The van der Waals surface area contributed by atoms with Gasteiger partial charge in [0, 0.05) is 25.7 Å². The van der Waals surface area contributed by atoms with Gasteiger partial charge in [-0.2, -0.15) is 0 Å². The first-order valence-corrected chi connectivity index (χ1v) is 42.1. The second-order valence-corrected chi connectivity index (χ2v) is 28.8. The second kappa shape index (κ2) is 73.0. The molecule has 100 heavy (non-hydrogen) atoms. The number of aliphatic hydroxyl groups excluding tert-OH is 1. The number of aliphatic hydroxyl groups is 1. The summed E-state index contributed by atoms with van der Waals surface area (Å²) in [5, 5.41) is 10.6. The normalized spacial score (nSPS) is 14.5. The molecule has 0 spiro atoms. The van der Waals surface area contributed by atoms with E-state index in [0.29, 0.717) is 25.7 Å². The molecule has 17 nitrogen and oxygen atoms in total. The highest BCUT2D eigenvalue weighted by Gasteiger charge is 2.30. The molecule has 19 heteroatoms. The van der Waals surface area contributed by atoms with E-state index in [1.165, 1.54) is 51.4 Å². The van der Waals surface area contributed by atoms with Crippen molar-refractivity contribution < 1.29 is 80.2 Å². The van der Waals surface area contributed by atoms with Gasteiger partial charge in [-0.3, -0.25) is 37.3 Å². The van der Waals surface area contributed by atoms with Crippen LogP contribution in [0.2, 0.25) is 0 Å². The fourth-order valence-corrected chi connectivity index (χ4v) is 11.8. The molecule has 5 atom stereocenters. The molecule has 0 aromatic rings. The predicted octanol–water partition coefficient (Wildman–Crippen LogP) is 22.6. The Kier molecular flexibility index (Phi) is 69.9. The minimum Gasteiger partial charge on any atom is -0.462 e. The summed E-state index contributed by atoms with van der Waals surface area (Å²) in [6.07, 6.45) is 77.9. The Balaban J connectivity index is 5.34. The van der Waals surface area contributed by atoms with E-state index in [0.717, 1.165) is 193 Å². The number of rotatable bonds is 73. The van der Waals surface area contributed by atoms with Crippen molar-refractivity contribution in [1.82, 2.24) is 0 Å². The number of ether oxygens (including phenoxy) is 4. The van der Waals surface area contributed by atoms with Gasteiger partial charge in [-0.05, 0) is 148 Å². The van der Waals surface area contributed by atoms with Crippen molar-refractivity contribution in [2.24, 2.45) is 0 Å². The van der Waals surface area contributed by atoms with Gasteiger partial charge in [-0.1, -0.05) is 259 Å². The molecule has 0 bridgehead atoms. The zero-order valence-corrected chi connectivity index (χ0v) is 64.6. The Morgan fingerprint density at radius 1 is 0.290 bits per heavy atom. The lowest BCUT2D eigenvalue weighted by Gasteiger charge is -2.21. The molecule has 0 radical (unpaired) electrons. The van der Waals surface area contributed by atoms with E-state index in [1.807, 2.05) is 0 Å². The van der Waals surface area contributed by atoms with Gasteiger partial charge in [0.1, 0.15) is 19.3 Å². The summed E-state index contributed by atoms with van der Waals surface area (Å²) in [5.41, 5.74) is 0. The van der Waals surface area contributed by atoms with E-state index in [1.54, 1.807) is 0 Å². The first-order chi connectivity index (χ1) is 48.7. The maximum atomic E-state index is 13.1. The van der Waals surface area contributed by atoms with Gasteiger partial charge in [-0.15, -0.1) is 0 Å². The van der Waals surface area contributed by atoms with Crippen LogP contribution in [-0.4, -0.2) is 96.7 Å². The third-order valence-electron chi connectivity index (χ3n) is 16.2. The van der Waals surface area contributed by atoms with Crippen molar-refractivity contribution in [3.63, 3.8) is 0 Å². The molecule has 5 unspecified atom stereocenters. The Hall–Kier alpha value is -4.28. The summed E-state index contributed by atoms with van der Waals surface area (Å²) < 4.78 is 68.5. The molecule has 0 aliphatic rings. The number of hydrogen-bond donors (Lipinski definition) is 3. The standard InChI is InChI=1S/C81H140O17P2/c1-5-9-13-17-21-25-29-32-35-36-37-38-41-43-47-50-54-58-62-66-79(84)91-71-76(97-80(85)67-63-59-55-51-45-28-24-20-16-12-8-4)73-95-99(87,88)93-69-75(82)70-94-100(89,90)96-74-77(98-81(86)68-64-60-56-52-48-44-40-34-31-27-23-19-15-11-7-3)72-92-78(83)65-61-57-53-49-46-42-39-33-30-26-22-18-14-10-6-2/h10,14,20-27,32-35,37-40,75-77,82H,5-9,11-13,15-19,28-31,36,41-74H2,1-4H3,(H,87,88)(H,89,90)/b14-10-,24-20-,25-21-,26-22-,27-23-,35-32-,38-37-,39-33-,40-34-. The third-order valence-corrected chi connectivity index (χ3v) is 18.1. The fourth-order valence-electron chi connectivity index (χ4n) is 10.2. The van der Waals surface area contributed by atoms with Crippen molar-refractivity contribution >= 4 is 39.5 Å². The summed E-state index contributed by atoms with van der Waals surface area (Å²) in [5.74, 6) is -2.22. The van der Waals surface area contributed by atoms with Gasteiger partial charge >= 0.3 is 39.5 Å². The second-order valence-electron chi connectivity index (χ2n) is 25.9. The van der Waals surface area contributed by atoms with Crippen LogP contribution in [-0.2, 0) is 65.4 Å². The van der Waals surface area contributed by atoms with Crippen molar-refractivity contribution in [3.05, 3.63) is 109 Å². The average molecular weight is 1450 g/mol.